The van der Waals surface area contributed by atoms with Gasteiger partial charge in [-0.05, 0) is 33.1 Å². The SMILES string of the molecule is CC(C)(CN)C(=O)N1CCC(C(=O)NCCCO)CC1. The molecule has 1 heterocycles. The summed E-state index contributed by atoms with van der Waals surface area (Å²) in [5.41, 5.74) is 5.09. The van der Waals surface area contributed by atoms with Crippen molar-refractivity contribution in [3.05, 3.63) is 0 Å². The Labute approximate surface area is 120 Å². The van der Waals surface area contributed by atoms with Gasteiger partial charge < -0.3 is 21.1 Å². The first-order valence-electron chi connectivity index (χ1n) is 7.30. The van der Waals surface area contributed by atoms with Crippen LogP contribution in [0.3, 0.4) is 0 Å². The molecule has 4 N–H and O–H groups in total. The first kappa shape index (κ1) is 16.9. The van der Waals surface area contributed by atoms with Crippen molar-refractivity contribution in [2.45, 2.75) is 33.1 Å². The lowest BCUT2D eigenvalue weighted by atomic mass is 9.89. The van der Waals surface area contributed by atoms with Gasteiger partial charge in [-0.1, -0.05) is 0 Å². The van der Waals surface area contributed by atoms with Crippen LogP contribution in [0, 0.1) is 11.3 Å². The van der Waals surface area contributed by atoms with Crippen molar-refractivity contribution >= 4 is 11.8 Å². The van der Waals surface area contributed by atoms with Gasteiger partial charge in [0.05, 0.1) is 5.41 Å². The summed E-state index contributed by atoms with van der Waals surface area (Å²) in [6.45, 7) is 5.84. The molecule has 1 aliphatic heterocycles. The standard InChI is InChI=1S/C14H27N3O3/c1-14(2,10-15)13(20)17-7-4-11(5-8-17)12(19)16-6-3-9-18/h11,18H,3-10,15H2,1-2H3,(H,16,19). The predicted molar refractivity (Wildman–Crippen MR) is 76.9 cm³/mol. The number of aliphatic hydroxyl groups is 1. The summed E-state index contributed by atoms with van der Waals surface area (Å²) in [5.74, 6) is 0.0708. The zero-order valence-electron chi connectivity index (χ0n) is 12.5. The van der Waals surface area contributed by atoms with Crippen molar-refractivity contribution in [2.75, 3.05) is 32.8 Å². The summed E-state index contributed by atoms with van der Waals surface area (Å²) < 4.78 is 0. The first-order chi connectivity index (χ1) is 9.42. The van der Waals surface area contributed by atoms with E-state index < -0.39 is 5.41 Å². The van der Waals surface area contributed by atoms with E-state index in [1.165, 1.54) is 0 Å². The second-order valence-corrected chi connectivity index (χ2v) is 6.02. The van der Waals surface area contributed by atoms with E-state index in [1.807, 2.05) is 18.7 Å². The smallest absolute Gasteiger partial charge is 0.229 e. The van der Waals surface area contributed by atoms with Crippen molar-refractivity contribution in [3.8, 4) is 0 Å². The van der Waals surface area contributed by atoms with E-state index >= 15 is 0 Å². The van der Waals surface area contributed by atoms with Crippen molar-refractivity contribution in [1.82, 2.24) is 10.2 Å². The minimum Gasteiger partial charge on any atom is -0.396 e. The molecule has 0 atom stereocenters. The van der Waals surface area contributed by atoms with E-state index in [1.54, 1.807) is 0 Å². The van der Waals surface area contributed by atoms with Gasteiger partial charge in [-0.3, -0.25) is 9.59 Å². The molecular formula is C14H27N3O3. The summed E-state index contributed by atoms with van der Waals surface area (Å²) in [6, 6.07) is 0. The number of amides is 2. The molecule has 0 aromatic carbocycles. The lowest BCUT2D eigenvalue weighted by molar-refractivity contribution is -0.142. The Balaban J connectivity index is 2.40. The summed E-state index contributed by atoms with van der Waals surface area (Å²) >= 11 is 0. The normalized spacial score (nSPS) is 17.1. The highest BCUT2D eigenvalue weighted by atomic mass is 16.3. The molecule has 6 nitrogen and oxygen atoms in total. The van der Waals surface area contributed by atoms with Crippen molar-refractivity contribution in [3.63, 3.8) is 0 Å². The molecule has 1 fully saturated rings. The Morgan fingerprint density at radius 1 is 1.35 bits per heavy atom. The third-order valence-corrected chi connectivity index (χ3v) is 3.88. The molecule has 20 heavy (non-hydrogen) atoms. The predicted octanol–water partition coefficient (Wildman–Crippen LogP) is -0.291. The second kappa shape index (κ2) is 7.59. The maximum atomic E-state index is 12.3. The Morgan fingerprint density at radius 2 is 1.95 bits per heavy atom. The minimum atomic E-state index is -0.532. The Morgan fingerprint density at radius 3 is 2.45 bits per heavy atom. The van der Waals surface area contributed by atoms with Crippen LogP contribution in [-0.2, 0) is 9.59 Å². The van der Waals surface area contributed by atoms with Crippen LogP contribution in [0.2, 0.25) is 0 Å². The molecule has 0 aliphatic carbocycles. The molecular weight excluding hydrogens is 258 g/mol. The molecule has 0 spiro atoms. The number of rotatable bonds is 6. The number of hydrogen-bond acceptors (Lipinski definition) is 4. The number of hydrogen-bond donors (Lipinski definition) is 3. The lowest BCUT2D eigenvalue weighted by Gasteiger charge is -2.36. The summed E-state index contributed by atoms with van der Waals surface area (Å²) in [7, 11) is 0. The monoisotopic (exact) mass is 285 g/mol. The van der Waals surface area contributed by atoms with Crippen LogP contribution in [0.5, 0.6) is 0 Å². The molecule has 116 valence electrons. The number of likely N-dealkylation sites (tertiary alicyclic amines) is 1. The molecule has 0 unspecified atom stereocenters. The van der Waals surface area contributed by atoms with Gasteiger partial charge >= 0.3 is 0 Å². The van der Waals surface area contributed by atoms with Crippen LogP contribution >= 0.6 is 0 Å². The maximum Gasteiger partial charge on any atom is 0.229 e. The number of aliphatic hydroxyl groups excluding tert-OH is 1. The average molecular weight is 285 g/mol. The molecule has 6 heteroatoms. The summed E-state index contributed by atoms with van der Waals surface area (Å²) in [5, 5.41) is 11.5. The number of nitrogens with zero attached hydrogens (tertiary/aromatic N) is 1. The van der Waals surface area contributed by atoms with Gasteiger partial charge in [0.2, 0.25) is 11.8 Å². The topological polar surface area (TPSA) is 95.7 Å². The van der Waals surface area contributed by atoms with Gasteiger partial charge in [0.15, 0.2) is 0 Å². The molecule has 0 aromatic heterocycles. The lowest BCUT2D eigenvalue weighted by Crippen LogP contribution is -2.49. The van der Waals surface area contributed by atoms with Gasteiger partial charge in [-0.25, -0.2) is 0 Å². The average Bonchev–Trinajstić information content (AvgIpc) is 2.46. The van der Waals surface area contributed by atoms with Crippen molar-refractivity contribution in [2.24, 2.45) is 17.1 Å². The first-order valence-corrected chi connectivity index (χ1v) is 7.30. The quantitative estimate of drug-likeness (QED) is 0.584. The Bertz CT molecular complexity index is 337. The minimum absolute atomic E-state index is 0.0290. The van der Waals surface area contributed by atoms with Crippen LogP contribution in [-0.4, -0.2) is 54.6 Å². The third kappa shape index (κ3) is 4.45. The fraction of sp³-hybridized carbons (Fsp3) is 0.857. The van der Waals surface area contributed by atoms with Gasteiger partial charge in [-0.15, -0.1) is 0 Å². The molecule has 2 amide bonds. The fourth-order valence-electron chi connectivity index (χ4n) is 2.30. The molecule has 0 bridgehead atoms. The highest BCUT2D eigenvalue weighted by Gasteiger charge is 2.34. The number of nitrogens with one attached hydrogen (secondary N) is 1. The number of carbonyl (C=O) groups excluding carboxylic acids is 2. The number of piperidine rings is 1. The molecule has 1 aliphatic rings. The molecule has 1 rings (SSSR count). The summed E-state index contributed by atoms with van der Waals surface area (Å²) in [6.07, 6.45) is 1.96. The van der Waals surface area contributed by atoms with E-state index in [0.717, 1.165) is 0 Å². The fourth-order valence-corrected chi connectivity index (χ4v) is 2.30. The van der Waals surface area contributed by atoms with Gasteiger partial charge in [-0.2, -0.15) is 0 Å². The Hall–Kier alpha value is -1.14. The van der Waals surface area contributed by atoms with E-state index in [4.69, 9.17) is 10.8 Å². The van der Waals surface area contributed by atoms with E-state index in [-0.39, 0.29) is 24.3 Å². The van der Waals surface area contributed by atoms with Crippen molar-refractivity contribution in [1.29, 1.82) is 0 Å². The highest BCUT2D eigenvalue weighted by molar-refractivity contribution is 5.83. The highest BCUT2D eigenvalue weighted by Crippen LogP contribution is 2.23. The summed E-state index contributed by atoms with van der Waals surface area (Å²) in [4.78, 5) is 26.0. The Kier molecular flexibility index (Phi) is 6.42. The van der Waals surface area contributed by atoms with Crippen LogP contribution in [0.1, 0.15) is 33.1 Å². The van der Waals surface area contributed by atoms with Crippen LogP contribution in [0.25, 0.3) is 0 Å². The maximum absolute atomic E-state index is 12.3. The zero-order chi connectivity index (χ0) is 15.2. The molecule has 0 aromatic rings. The van der Waals surface area contributed by atoms with Crippen LogP contribution < -0.4 is 11.1 Å². The van der Waals surface area contributed by atoms with Gasteiger partial charge in [0, 0.05) is 38.7 Å². The number of nitrogens with two attached hydrogens (primary N) is 1. The van der Waals surface area contributed by atoms with E-state index in [2.05, 4.69) is 5.32 Å². The third-order valence-electron chi connectivity index (χ3n) is 3.88. The largest absolute Gasteiger partial charge is 0.396 e. The zero-order valence-corrected chi connectivity index (χ0v) is 12.5. The molecule has 0 radical (unpaired) electrons. The van der Waals surface area contributed by atoms with Crippen molar-refractivity contribution < 1.29 is 14.7 Å². The van der Waals surface area contributed by atoms with E-state index in [0.29, 0.717) is 45.4 Å². The van der Waals surface area contributed by atoms with E-state index in [9.17, 15) is 9.59 Å². The van der Waals surface area contributed by atoms with Gasteiger partial charge in [0.25, 0.3) is 0 Å². The van der Waals surface area contributed by atoms with Gasteiger partial charge in [0.1, 0.15) is 0 Å². The second-order valence-electron chi connectivity index (χ2n) is 6.02. The van der Waals surface area contributed by atoms with Crippen LogP contribution in [0.4, 0.5) is 0 Å². The van der Waals surface area contributed by atoms with Crippen LogP contribution in [0.15, 0.2) is 0 Å². The molecule has 0 saturated carbocycles. The number of carbonyl (C=O) groups is 2. The molecule has 1 saturated heterocycles.